The molecule has 0 N–H and O–H groups in total. The highest BCUT2D eigenvalue weighted by molar-refractivity contribution is 7.99. The van der Waals surface area contributed by atoms with Gasteiger partial charge in [0.25, 0.3) is 0 Å². The summed E-state index contributed by atoms with van der Waals surface area (Å²) in [6.45, 7) is 9.90. The fraction of sp³-hybridized carbons (Fsp3) is 0.205. The number of ether oxygens (including phenoxy) is 4. The summed E-state index contributed by atoms with van der Waals surface area (Å²) in [6.07, 6.45) is 5.56. The second kappa shape index (κ2) is 21.3. The Bertz CT molecular complexity index is 1960. The van der Waals surface area contributed by atoms with Crippen molar-refractivity contribution in [3.8, 4) is 35.2 Å². The van der Waals surface area contributed by atoms with Gasteiger partial charge in [-0.3, -0.25) is 0 Å². The highest BCUT2D eigenvalue weighted by Gasteiger charge is 2.11. The number of carbonyl (C=O) groups excluding carboxylic acids is 3. The normalized spacial score (nSPS) is 10.0. The van der Waals surface area contributed by atoms with Crippen LogP contribution in [-0.4, -0.2) is 43.5 Å². The molecular weight excluding hydrogens is 673 g/mol. The maximum Gasteiger partial charge on any atom is 0.343 e. The number of unbranched alkanes of at least 4 members (excludes halogenated alkanes) is 2. The molecule has 0 fully saturated rings. The van der Waals surface area contributed by atoms with Gasteiger partial charge in [0.1, 0.15) is 11.5 Å². The summed E-state index contributed by atoms with van der Waals surface area (Å²) in [6, 6.07) is 28.1. The van der Waals surface area contributed by atoms with Gasteiger partial charge in [-0.25, -0.2) is 14.4 Å². The second-order valence-corrected chi connectivity index (χ2v) is 12.5. The van der Waals surface area contributed by atoms with E-state index in [0.29, 0.717) is 37.6 Å². The van der Waals surface area contributed by atoms with Gasteiger partial charge in [0.05, 0.1) is 25.4 Å². The van der Waals surface area contributed by atoms with Gasteiger partial charge >= 0.3 is 17.9 Å². The molecule has 0 bridgehead atoms. The van der Waals surface area contributed by atoms with Crippen LogP contribution in [0.3, 0.4) is 0 Å². The molecule has 0 aliphatic heterocycles. The first-order valence-corrected chi connectivity index (χ1v) is 17.8. The molecule has 4 aromatic carbocycles. The average Bonchev–Trinajstić information content (AvgIpc) is 3.17. The van der Waals surface area contributed by atoms with Crippen LogP contribution in [0.5, 0.6) is 11.5 Å². The smallest absolute Gasteiger partial charge is 0.343 e. The maximum absolute atomic E-state index is 12.9. The van der Waals surface area contributed by atoms with Crippen LogP contribution in [0.2, 0.25) is 0 Å². The Morgan fingerprint density at radius 3 is 1.71 bits per heavy atom. The minimum Gasteiger partial charge on any atom is -0.494 e. The number of hydrogen-bond donors (Lipinski definition) is 0. The fourth-order valence-corrected chi connectivity index (χ4v) is 5.41. The van der Waals surface area contributed by atoms with E-state index in [2.05, 4.69) is 36.8 Å². The molecule has 0 saturated carbocycles. The topological polar surface area (TPSA) is 88.1 Å². The summed E-state index contributed by atoms with van der Waals surface area (Å²) in [5.74, 6) is 13.5. The molecule has 0 aliphatic carbocycles. The molecule has 0 heterocycles. The van der Waals surface area contributed by atoms with Crippen molar-refractivity contribution >= 4 is 29.7 Å². The molecule has 0 unspecified atom stereocenters. The third-order valence-corrected chi connectivity index (χ3v) is 8.44. The zero-order valence-corrected chi connectivity index (χ0v) is 30.0. The van der Waals surface area contributed by atoms with Crippen LogP contribution in [0.15, 0.2) is 121 Å². The Morgan fingerprint density at radius 2 is 1.13 bits per heavy atom. The molecule has 4 aromatic rings. The Labute approximate surface area is 310 Å². The van der Waals surface area contributed by atoms with Crippen LogP contribution in [0, 0.1) is 30.6 Å². The zero-order chi connectivity index (χ0) is 37.0. The monoisotopic (exact) mass is 712 g/mol. The summed E-state index contributed by atoms with van der Waals surface area (Å²) in [4.78, 5) is 36.2. The van der Waals surface area contributed by atoms with Gasteiger partial charge in [-0.15, -0.1) is 11.8 Å². The highest BCUT2D eigenvalue weighted by atomic mass is 32.2. The van der Waals surface area contributed by atoms with E-state index in [9.17, 15) is 14.4 Å². The van der Waals surface area contributed by atoms with E-state index in [1.807, 2.05) is 67.6 Å². The van der Waals surface area contributed by atoms with Gasteiger partial charge in [-0.2, -0.15) is 0 Å². The number of thioether (sulfide) groups is 1. The molecule has 0 amide bonds. The number of benzene rings is 4. The van der Waals surface area contributed by atoms with Crippen LogP contribution in [0.1, 0.15) is 63.9 Å². The molecule has 7 nitrogen and oxygen atoms in total. The first-order valence-electron chi connectivity index (χ1n) is 16.8. The van der Waals surface area contributed by atoms with E-state index in [1.54, 1.807) is 42.1 Å². The summed E-state index contributed by atoms with van der Waals surface area (Å²) < 4.78 is 21.4. The predicted molar refractivity (Wildman–Crippen MR) is 204 cm³/mol. The third-order valence-electron chi connectivity index (χ3n) is 7.35. The quantitative estimate of drug-likeness (QED) is 0.0286. The molecule has 0 atom stereocenters. The zero-order valence-electron chi connectivity index (χ0n) is 29.2. The summed E-state index contributed by atoms with van der Waals surface area (Å²) in [7, 11) is 0. The van der Waals surface area contributed by atoms with Gasteiger partial charge in [0.15, 0.2) is 0 Å². The Morgan fingerprint density at radius 1 is 0.635 bits per heavy atom. The maximum atomic E-state index is 12.9. The van der Waals surface area contributed by atoms with Crippen molar-refractivity contribution in [2.75, 3.05) is 25.6 Å². The molecule has 0 aliphatic rings. The van der Waals surface area contributed by atoms with E-state index in [0.717, 1.165) is 69.6 Å². The third kappa shape index (κ3) is 13.7. The van der Waals surface area contributed by atoms with Crippen molar-refractivity contribution in [3.05, 3.63) is 150 Å². The largest absolute Gasteiger partial charge is 0.494 e. The van der Waals surface area contributed by atoms with Crippen LogP contribution >= 0.6 is 11.8 Å². The Kier molecular flexibility index (Phi) is 15.9. The molecular formula is C44H40O7S. The fourth-order valence-electron chi connectivity index (χ4n) is 4.50. The lowest BCUT2D eigenvalue weighted by atomic mass is 10.1. The summed E-state index contributed by atoms with van der Waals surface area (Å²) in [5.41, 5.74) is 4.54. The lowest BCUT2D eigenvalue weighted by molar-refractivity contribution is -0.138. The van der Waals surface area contributed by atoms with Crippen molar-refractivity contribution < 1.29 is 33.3 Å². The van der Waals surface area contributed by atoms with Crippen molar-refractivity contribution in [1.82, 2.24) is 0 Å². The Balaban J connectivity index is 1.21. The highest BCUT2D eigenvalue weighted by Crippen LogP contribution is 2.22. The van der Waals surface area contributed by atoms with Crippen molar-refractivity contribution in [2.45, 2.75) is 37.5 Å². The standard InChI is InChI=1S/C44H40O7S/c1-4-42(45)49-29-7-6-28-48-39-23-16-35(17-24-39)12-13-37-20-27-41(33(3)32-37)51-44(47)38-21-14-34(15-22-38)10-11-36-18-25-40(26-19-36)52-31-9-8-30-50-43(46)5-2/h4-5,14-27,32H,1-2,6-9,28-31H2,3H3. The average molecular weight is 713 g/mol. The van der Waals surface area contributed by atoms with Gasteiger partial charge in [0, 0.05) is 39.3 Å². The molecule has 0 radical (unpaired) electrons. The van der Waals surface area contributed by atoms with Crippen LogP contribution < -0.4 is 9.47 Å². The lowest BCUT2D eigenvalue weighted by Crippen LogP contribution is -2.09. The number of rotatable bonds is 16. The Hall–Kier alpha value is -5.96. The van der Waals surface area contributed by atoms with E-state index in [-0.39, 0.29) is 5.97 Å². The molecule has 0 aromatic heterocycles. The summed E-state index contributed by atoms with van der Waals surface area (Å²) in [5, 5.41) is 0. The second-order valence-electron chi connectivity index (χ2n) is 11.4. The van der Waals surface area contributed by atoms with Gasteiger partial charge in [-0.1, -0.05) is 36.8 Å². The number of carbonyl (C=O) groups is 3. The molecule has 4 rings (SSSR count). The first-order chi connectivity index (χ1) is 25.3. The SMILES string of the molecule is C=CC(=O)OCCCCOc1ccc(C#Cc2ccc(OC(=O)c3ccc(C#Cc4ccc(SCCCCOC(=O)C=C)cc4)cc3)c(C)c2)cc1. The minimum absolute atomic E-state index is 0.345. The lowest BCUT2D eigenvalue weighted by Gasteiger charge is -2.08. The van der Waals surface area contributed by atoms with Crippen LogP contribution in [0.4, 0.5) is 0 Å². The van der Waals surface area contributed by atoms with Crippen molar-refractivity contribution in [1.29, 1.82) is 0 Å². The van der Waals surface area contributed by atoms with E-state index in [4.69, 9.17) is 18.9 Å². The van der Waals surface area contributed by atoms with Crippen molar-refractivity contribution in [3.63, 3.8) is 0 Å². The number of esters is 3. The van der Waals surface area contributed by atoms with E-state index >= 15 is 0 Å². The number of aryl methyl sites for hydroxylation is 1. The van der Waals surface area contributed by atoms with Crippen molar-refractivity contribution in [2.24, 2.45) is 0 Å². The number of hydrogen-bond acceptors (Lipinski definition) is 8. The van der Waals surface area contributed by atoms with Crippen LogP contribution in [-0.2, 0) is 19.1 Å². The predicted octanol–water partition coefficient (Wildman–Crippen LogP) is 8.50. The molecule has 0 spiro atoms. The first kappa shape index (κ1) is 38.8. The van der Waals surface area contributed by atoms with Gasteiger partial charge < -0.3 is 18.9 Å². The van der Waals surface area contributed by atoms with Crippen LogP contribution in [0.25, 0.3) is 0 Å². The van der Waals surface area contributed by atoms with E-state index in [1.165, 1.54) is 6.08 Å². The molecule has 52 heavy (non-hydrogen) atoms. The summed E-state index contributed by atoms with van der Waals surface area (Å²) >= 11 is 1.75. The van der Waals surface area contributed by atoms with E-state index < -0.39 is 11.9 Å². The molecule has 264 valence electrons. The molecule has 8 heteroatoms. The van der Waals surface area contributed by atoms with Gasteiger partial charge in [0.2, 0.25) is 0 Å². The molecule has 0 saturated heterocycles. The minimum atomic E-state index is -0.453. The van der Waals surface area contributed by atoms with Gasteiger partial charge in [-0.05, 0) is 135 Å².